The smallest absolute Gasteiger partial charge is 0.0713 e. The predicted molar refractivity (Wildman–Crippen MR) is 83.1 cm³/mol. The molecule has 1 saturated heterocycles. The first-order valence-corrected chi connectivity index (χ1v) is 12.0. The Hall–Kier alpha value is 0.877. The zero-order chi connectivity index (χ0) is 12.2. The van der Waals surface area contributed by atoms with E-state index in [0.717, 1.165) is 4.21 Å². The molecule has 96 valence electrons. The molecule has 0 aromatic rings. The van der Waals surface area contributed by atoms with E-state index in [1.807, 2.05) is 0 Å². The van der Waals surface area contributed by atoms with E-state index in [4.69, 9.17) is 0 Å². The third kappa shape index (κ3) is 5.03. The van der Waals surface area contributed by atoms with Crippen LogP contribution >= 0.6 is 23.5 Å². The standard InChI is InChI=1S/C12H27NS2Si/c1-6-7-10(2)13-11-8-9-14-12(15-11)16(3,4)5/h10-13H,6-9H2,1-5H3. The molecule has 16 heavy (non-hydrogen) atoms. The van der Waals surface area contributed by atoms with Crippen LogP contribution in [0.2, 0.25) is 19.6 Å². The topological polar surface area (TPSA) is 12.0 Å². The Labute approximate surface area is 111 Å². The number of rotatable bonds is 5. The van der Waals surface area contributed by atoms with E-state index in [-0.39, 0.29) is 0 Å². The minimum absolute atomic E-state index is 0.688. The van der Waals surface area contributed by atoms with Crippen molar-refractivity contribution in [1.82, 2.24) is 5.32 Å². The van der Waals surface area contributed by atoms with E-state index in [1.165, 1.54) is 25.0 Å². The Bertz CT molecular complexity index is 206. The lowest BCUT2D eigenvalue weighted by molar-refractivity contribution is 0.488. The van der Waals surface area contributed by atoms with Crippen LogP contribution in [0.15, 0.2) is 0 Å². The van der Waals surface area contributed by atoms with Crippen molar-refractivity contribution in [3.63, 3.8) is 0 Å². The first-order valence-electron chi connectivity index (χ1n) is 6.46. The molecule has 1 fully saturated rings. The molecule has 0 amide bonds. The van der Waals surface area contributed by atoms with Crippen molar-refractivity contribution in [3.05, 3.63) is 0 Å². The summed E-state index contributed by atoms with van der Waals surface area (Å²) >= 11 is 4.41. The molecular formula is C12H27NS2Si. The Kier molecular flexibility index (Phi) is 6.27. The first kappa shape index (κ1) is 14.9. The second-order valence-corrected chi connectivity index (χ2v) is 14.8. The largest absolute Gasteiger partial charge is 0.303 e. The number of nitrogens with one attached hydrogen (secondary N) is 1. The second-order valence-electron chi connectivity index (χ2n) is 5.84. The van der Waals surface area contributed by atoms with Gasteiger partial charge in [-0.1, -0.05) is 33.0 Å². The van der Waals surface area contributed by atoms with Crippen LogP contribution in [0.5, 0.6) is 0 Å². The van der Waals surface area contributed by atoms with Crippen molar-refractivity contribution in [2.45, 2.75) is 68.4 Å². The Morgan fingerprint density at radius 2 is 2.06 bits per heavy atom. The van der Waals surface area contributed by atoms with E-state index >= 15 is 0 Å². The van der Waals surface area contributed by atoms with Crippen molar-refractivity contribution in [2.75, 3.05) is 5.75 Å². The fraction of sp³-hybridized carbons (Fsp3) is 1.00. The van der Waals surface area contributed by atoms with Gasteiger partial charge in [-0.05, 0) is 25.5 Å². The summed E-state index contributed by atoms with van der Waals surface area (Å²) in [4.78, 5) is 0. The van der Waals surface area contributed by atoms with Gasteiger partial charge >= 0.3 is 0 Å². The van der Waals surface area contributed by atoms with Gasteiger partial charge in [-0.25, -0.2) is 0 Å². The molecule has 1 nitrogen and oxygen atoms in total. The van der Waals surface area contributed by atoms with E-state index in [9.17, 15) is 0 Å². The highest BCUT2D eigenvalue weighted by Crippen LogP contribution is 2.40. The van der Waals surface area contributed by atoms with Gasteiger partial charge in [0, 0.05) is 10.2 Å². The van der Waals surface area contributed by atoms with Crippen LogP contribution in [0.3, 0.4) is 0 Å². The van der Waals surface area contributed by atoms with Gasteiger partial charge in [-0.2, -0.15) is 11.8 Å². The molecule has 0 aromatic carbocycles. The third-order valence-corrected chi connectivity index (χ3v) is 11.9. The summed E-state index contributed by atoms with van der Waals surface area (Å²) in [7, 11) is -0.982. The monoisotopic (exact) mass is 277 g/mol. The summed E-state index contributed by atoms with van der Waals surface area (Å²) in [5.41, 5.74) is 0. The van der Waals surface area contributed by atoms with Gasteiger partial charge in [0.1, 0.15) is 0 Å². The molecule has 1 N–H and O–H groups in total. The lowest BCUT2D eigenvalue weighted by Gasteiger charge is -2.36. The van der Waals surface area contributed by atoms with Crippen LogP contribution in [0.4, 0.5) is 0 Å². The third-order valence-electron chi connectivity index (χ3n) is 2.84. The highest BCUT2D eigenvalue weighted by Gasteiger charge is 2.33. The molecule has 0 radical (unpaired) electrons. The van der Waals surface area contributed by atoms with Crippen molar-refractivity contribution in [3.8, 4) is 0 Å². The molecule has 1 aliphatic heterocycles. The molecule has 0 aliphatic carbocycles. The molecule has 0 aromatic heterocycles. The quantitative estimate of drug-likeness (QED) is 0.758. The normalized spacial score (nSPS) is 29.1. The summed E-state index contributed by atoms with van der Waals surface area (Å²) < 4.78 is 0.882. The lowest BCUT2D eigenvalue weighted by Crippen LogP contribution is -2.43. The molecule has 1 aliphatic rings. The zero-order valence-corrected chi connectivity index (χ0v) is 14.0. The lowest BCUT2D eigenvalue weighted by atomic mass is 10.2. The number of hydrogen-bond acceptors (Lipinski definition) is 3. The van der Waals surface area contributed by atoms with Crippen LogP contribution in [0, 0.1) is 0 Å². The Morgan fingerprint density at radius 3 is 2.62 bits per heavy atom. The molecule has 3 unspecified atom stereocenters. The van der Waals surface area contributed by atoms with Crippen LogP contribution in [-0.2, 0) is 0 Å². The maximum absolute atomic E-state index is 3.79. The Balaban J connectivity index is 2.39. The molecule has 3 atom stereocenters. The summed E-state index contributed by atoms with van der Waals surface area (Å²) in [6, 6.07) is 0.688. The summed E-state index contributed by atoms with van der Waals surface area (Å²) in [6.45, 7) is 12.1. The Morgan fingerprint density at radius 1 is 1.38 bits per heavy atom. The molecule has 4 heteroatoms. The van der Waals surface area contributed by atoms with E-state index < -0.39 is 8.07 Å². The van der Waals surface area contributed by atoms with Gasteiger partial charge in [0.2, 0.25) is 0 Å². The highest BCUT2D eigenvalue weighted by atomic mass is 32.2. The summed E-state index contributed by atoms with van der Waals surface area (Å²) in [6.07, 6.45) is 3.93. The van der Waals surface area contributed by atoms with E-state index in [2.05, 4.69) is 62.3 Å². The van der Waals surface area contributed by atoms with Gasteiger partial charge in [-0.15, -0.1) is 11.8 Å². The first-order chi connectivity index (χ1) is 7.43. The minimum Gasteiger partial charge on any atom is -0.303 e. The minimum atomic E-state index is -0.982. The van der Waals surface area contributed by atoms with Crippen molar-refractivity contribution in [2.24, 2.45) is 0 Å². The molecular weight excluding hydrogens is 250 g/mol. The molecule has 0 spiro atoms. The van der Waals surface area contributed by atoms with Crippen molar-refractivity contribution in [1.29, 1.82) is 0 Å². The molecule has 1 heterocycles. The van der Waals surface area contributed by atoms with Crippen LogP contribution in [-0.4, -0.2) is 29.4 Å². The van der Waals surface area contributed by atoms with Crippen LogP contribution in [0.1, 0.15) is 33.1 Å². The fourth-order valence-electron chi connectivity index (χ4n) is 1.95. The average Bonchev–Trinajstić information content (AvgIpc) is 2.17. The average molecular weight is 278 g/mol. The number of thioether (sulfide) groups is 2. The van der Waals surface area contributed by atoms with Gasteiger partial charge < -0.3 is 5.32 Å². The molecule has 1 rings (SSSR count). The maximum Gasteiger partial charge on any atom is 0.0713 e. The second kappa shape index (κ2) is 6.71. The summed E-state index contributed by atoms with van der Waals surface area (Å²) in [5.74, 6) is 1.35. The van der Waals surface area contributed by atoms with E-state index in [1.54, 1.807) is 0 Å². The number of hydrogen-bond donors (Lipinski definition) is 1. The fourth-order valence-corrected chi connectivity index (χ4v) is 9.03. The molecule has 0 bridgehead atoms. The van der Waals surface area contributed by atoms with Gasteiger partial charge in [0.15, 0.2) is 0 Å². The predicted octanol–water partition coefficient (Wildman–Crippen LogP) is 4.16. The van der Waals surface area contributed by atoms with Gasteiger partial charge in [0.25, 0.3) is 0 Å². The highest BCUT2D eigenvalue weighted by molar-refractivity contribution is 8.20. The SMILES string of the molecule is CCCC(C)NC1CCSC([Si](C)(C)C)S1. The van der Waals surface area contributed by atoms with E-state index in [0.29, 0.717) is 11.4 Å². The zero-order valence-electron chi connectivity index (χ0n) is 11.4. The van der Waals surface area contributed by atoms with Crippen LogP contribution in [0.25, 0.3) is 0 Å². The van der Waals surface area contributed by atoms with Gasteiger partial charge in [0.05, 0.1) is 13.4 Å². The molecule has 0 saturated carbocycles. The van der Waals surface area contributed by atoms with Gasteiger partial charge in [-0.3, -0.25) is 0 Å². The van der Waals surface area contributed by atoms with Crippen molar-refractivity contribution < 1.29 is 0 Å². The maximum atomic E-state index is 3.79. The van der Waals surface area contributed by atoms with Crippen molar-refractivity contribution >= 4 is 31.6 Å². The van der Waals surface area contributed by atoms with Crippen LogP contribution < -0.4 is 5.32 Å². The summed E-state index contributed by atoms with van der Waals surface area (Å²) in [5, 5.41) is 4.50.